The zero-order chi connectivity index (χ0) is 14.1. The van der Waals surface area contributed by atoms with Gasteiger partial charge in [-0.25, -0.2) is 4.98 Å². The number of hydrogen-bond acceptors (Lipinski definition) is 3. The van der Waals surface area contributed by atoms with Crippen molar-refractivity contribution in [2.75, 3.05) is 5.32 Å². The summed E-state index contributed by atoms with van der Waals surface area (Å²) in [6.07, 6.45) is 3.55. The van der Waals surface area contributed by atoms with Crippen molar-refractivity contribution < 1.29 is 4.79 Å². The van der Waals surface area contributed by atoms with Gasteiger partial charge in [0.1, 0.15) is 6.54 Å². The molecule has 0 atom stereocenters. The Morgan fingerprint density at radius 2 is 2.15 bits per heavy atom. The standard InChI is InChI=1S/C14H15N5O/c1-10-7-15-19(8-10)9-13(20)17-14-16-11-5-3-4-6-12(11)18(14)2/h3-8H,9H2,1-2H3,(H,16,17,20). The third kappa shape index (κ3) is 2.27. The van der Waals surface area contributed by atoms with Gasteiger partial charge in [-0.3, -0.25) is 14.8 Å². The minimum absolute atomic E-state index is 0.147. The smallest absolute Gasteiger partial charge is 0.248 e. The topological polar surface area (TPSA) is 64.7 Å². The summed E-state index contributed by atoms with van der Waals surface area (Å²) < 4.78 is 3.47. The second-order valence-electron chi connectivity index (χ2n) is 4.75. The van der Waals surface area contributed by atoms with Crippen molar-refractivity contribution in [3.05, 3.63) is 42.2 Å². The summed E-state index contributed by atoms with van der Waals surface area (Å²) in [6, 6.07) is 7.76. The van der Waals surface area contributed by atoms with Crippen molar-refractivity contribution in [2.45, 2.75) is 13.5 Å². The fourth-order valence-corrected chi connectivity index (χ4v) is 2.12. The molecule has 0 spiro atoms. The van der Waals surface area contributed by atoms with Crippen LogP contribution < -0.4 is 5.32 Å². The van der Waals surface area contributed by atoms with Crippen molar-refractivity contribution in [3.63, 3.8) is 0 Å². The molecule has 3 aromatic rings. The first kappa shape index (κ1) is 12.4. The first-order valence-electron chi connectivity index (χ1n) is 6.34. The molecule has 2 heterocycles. The average Bonchev–Trinajstić information content (AvgIpc) is 2.95. The van der Waals surface area contributed by atoms with E-state index in [0.717, 1.165) is 16.6 Å². The molecular formula is C14H15N5O. The van der Waals surface area contributed by atoms with Gasteiger partial charge in [0.25, 0.3) is 0 Å². The molecule has 0 saturated heterocycles. The number of aromatic nitrogens is 4. The first-order valence-corrected chi connectivity index (χ1v) is 6.34. The van der Waals surface area contributed by atoms with Crippen molar-refractivity contribution in [1.29, 1.82) is 0 Å². The van der Waals surface area contributed by atoms with Gasteiger partial charge in [0.15, 0.2) is 0 Å². The SMILES string of the molecule is Cc1cnn(CC(=O)Nc2nc3ccccc3n2C)c1. The molecule has 1 N–H and O–H groups in total. The van der Waals surface area contributed by atoms with Gasteiger partial charge in [0, 0.05) is 13.2 Å². The Morgan fingerprint density at radius 3 is 2.85 bits per heavy atom. The molecule has 1 amide bonds. The largest absolute Gasteiger partial charge is 0.313 e. The number of aryl methyl sites for hydroxylation is 2. The van der Waals surface area contributed by atoms with Gasteiger partial charge in [-0.2, -0.15) is 5.10 Å². The van der Waals surface area contributed by atoms with Gasteiger partial charge < -0.3 is 4.57 Å². The lowest BCUT2D eigenvalue weighted by molar-refractivity contribution is -0.117. The fourth-order valence-electron chi connectivity index (χ4n) is 2.12. The summed E-state index contributed by atoms with van der Waals surface area (Å²) in [5.41, 5.74) is 2.87. The molecule has 0 radical (unpaired) electrons. The van der Waals surface area contributed by atoms with E-state index in [0.29, 0.717) is 5.95 Å². The predicted molar refractivity (Wildman–Crippen MR) is 76.3 cm³/mol. The molecule has 2 aromatic heterocycles. The number of nitrogens with zero attached hydrogens (tertiary/aromatic N) is 4. The van der Waals surface area contributed by atoms with Gasteiger partial charge in [0.2, 0.25) is 11.9 Å². The summed E-state index contributed by atoms with van der Waals surface area (Å²) >= 11 is 0. The van der Waals surface area contributed by atoms with Crippen molar-refractivity contribution >= 4 is 22.9 Å². The van der Waals surface area contributed by atoms with Crippen LogP contribution in [0.4, 0.5) is 5.95 Å². The number of nitrogens with one attached hydrogen (secondary N) is 1. The van der Waals surface area contributed by atoms with Crippen molar-refractivity contribution in [3.8, 4) is 0 Å². The number of carbonyl (C=O) groups is 1. The van der Waals surface area contributed by atoms with Crippen LogP contribution in [0.1, 0.15) is 5.56 Å². The lowest BCUT2D eigenvalue weighted by Crippen LogP contribution is -2.20. The van der Waals surface area contributed by atoms with E-state index in [9.17, 15) is 4.79 Å². The van der Waals surface area contributed by atoms with E-state index >= 15 is 0 Å². The average molecular weight is 269 g/mol. The molecule has 0 bridgehead atoms. The van der Waals surface area contributed by atoms with E-state index in [-0.39, 0.29) is 12.5 Å². The summed E-state index contributed by atoms with van der Waals surface area (Å²) in [7, 11) is 1.88. The highest BCUT2D eigenvalue weighted by Gasteiger charge is 2.11. The molecule has 3 rings (SSSR count). The highest BCUT2D eigenvalue weighted by Crippen LogP contribution is 2.17. The number of anilines is 1. The predicted octanol–water partition coefficient (Wildman–Crippen LogP) is 1.72. The maximum atomic E-state index is 12.0. The molecular weight excluding hydrogens is 254 g/mol. The van der Waals surface area contributed by atoms with Gasteiger partial charge in [0.05, 0.1) is 17.2 Å². The fraction of sp³-hybridized carbons (Fsp3) is 0.214. The molecule has 1 aromatic carbocycles. The van der Waals surface area contributed by atoms with Crippen LogP contribution in [0.3, 0.4) is 0 Å². The number of benzene rings is 1. The lowest BCUT2D eigenvalue weighted by Gasteiger charge is -2.05. The van der Waals surface area contributed by atoms with Crippen LogP contribution in [-0.2, 0) is 18.4 Å². The van der Waals surface area contributed by atoms with Crippen LogP contribution in [-0.4, -0.2) is 25.2 Å². The third-order valence-electron chi connectivity index (χ3n) is 3.11. The van der Waals surface area contributed by atoms with Gasteiger partial charge in [-0.1, -0.05) is 12.1 Å². The molecule has 6 nitrogen and oxygen atoms in total. The molecule has 0 fully saturated rings. The summed E-state index contributed by atoms with van der Waals surface area (Å²) in [4.78, 5) is 16.4. The van der Waals surface area contributed by atoms with E-state index in [1.165, 1.54) is 0 Å². The van der Waals surface area contributed by atoms with Crippen LogP contribution in [0.15, 0.2) is 36.7 Å². The molecule has 6 heteroatoms. The maximum absolute atomic E-state index is 12.0. The number of rotatable bonds is 3. The monoisotopic (exact) mass is 269 g/mol. The van der Waals surface area contributed by atoms with E-state index in [4.69, 9.17) is 0 Å². The van der Waals surface area contributed by atoms with E-state index < -0.39 is 0 Å². The normalized spacial score (nSPS) is 10.9. The zero-order valence-corrected chi connectivity index (χ0v) is 11.4. The van der Waals surface area contributed by atoms with Crippen LogP contribution in [0.2, 0.25) is 0 Å². The Kier molecular flexibility index (Phi) is 2.98. The number of amides is 1. The van der Waals surface area contributed by atoms with Crippen LogP contribution in [0, 0.1) is 6.92 Å². The highest BCUT2D eigenvalue weighted by molar-refractivity contribution is 5.91. The molecule has 0 aliphatic heterocycles. The van der Waals surface area contributed by atoms with Crippen LogP contribution in [0.5, 0.6) is 0 Å². The Labute approximate surface area is 116 Å². The van der Waals surface area contributed by atoms with Crippen LogP contribution in [0.25, 0.3) is 11.0 Å². The lowest BCUT2D eigenvalue weighted by atomic mass is 10.3. The molecule has 102 valence electrons. The number of carbonyl (C=O) groups excluding carboxylic acids is 1. The quantitative estimate of drug-likeness (QED) is 0.787. The van der Waals surface area contributed by atoms with E-state index in [1.807, 2.05) is 49.0 Å². The third-order valence-corrected chi connectivity index (χ3v) is 3.11. The summed E-state index contributed by atoms with van der Waals surface area (Å²) in [5, 5.41) is 6.90. The first-order chi connectivity index (χ1) is 9.63. The Morgan fingerprint density at radius 1 is 1.35 bits per heavy atom. The van der Waals surface area contributed by atoms with Crippen molar-refractivity contribution in [1.82, 2.24) is 19.3 Å². The van der Waals surface area contributed by atoms with E-state index in [2.05, 4.69) is 15.4 Å². The summed E-state index contributed by atoms with van der Waals surface area (Å²) in [6.45, 7) is 2.12. The Balaban J connectivity index is 1.79. The second-order valence-corrected chi connectivity index (χ2v) is 4.75. The minimum atomic E-state index is -0.147. The number of imidazole rings is 1. The maximum Gasteiger partial charge on any atom is 0.248 e. The summed E-state index contributed by atoms with van der Waals surface area (Å²) in [5.74, 6) is 0.395. The second kappa shape index (κ2) is 4.80. The molecule has 0 saturated carbocycles. The van der Waals surface area contributed by atoms with Gasteiger partial charge >= 0.3 is 0 Å². The zero-order valence-electron chi connectivity index (χ0n) is 11.4. The Hall–Kier alpha value is -2.63. The van der Waals surface area contributed by atoms with Crippen LogP contribution >= 0.6 is 0 Å². The number of hydrogen-bond donors (Lipinski definition) is 1. The van der Waals surface area contributed by atoms with E-state index in [1.54, 1.807) is 10.9 Å². The minimum Gasteiger partial charge on any atom is -0.313 e. The van der Waals surface area contributed by atoms with Gasteiger partial charge in [-0.05, 0) is 24.6 Å². The van der Waals surface area contributed by atoms with Crippen molar-refractivity contribution in [2.24, 2.45) is 7.05 Å². The van der Waals surface area contributed by atoms with Gasteiger partial charge in [-0.15, -0.1) is 0 Å². The Bertz CT molecular complexity index is 771. The number of para-hydroxylation sites is 2. The number of fused-ring (bicyclic) bond motifs is 1. The molecule has 0 aliphatic rings. The molecule has 0 aliphatic carbocycles. The highest BCUT2D eigenvalue weighted by atomic mass is 16.2. The molecule has 20 heavy (non-hydrogen) atoms. The molecule has 0 unspecified atom stereocenters.